The van der Waals surface area contributed by atoms with Crippen LogP contribution in [0.1, 0.15) is 36.1 Å². The number of hydrogen-bond donors (Lipinski definition) is 1. The molecule has 2 aromatic carbocycles. The van der Waals surface area contributed by atoms with Gasteiger partial charge in [0.15, 0.2) is 11.5 Å². The van der Waals surface area contributed by atoms with E-state index in [-0.39, 0.29) is 11.9 Å². The number of benzene rings is 2. The van der Waals surface area contributed by atoms with E-state index in [0.717, 1.165) is 28.9 Å². The molecule has 5 heteroatoms. The van der Waals surface area contributed by atoms with E-state index in [0.29, 0.717) is 24.7 Å². The summed E-state index contributed by atoms with van der Waals surface area (Å²) in [7, 11) is 1.60. The third kappa shape index (κ3) is 4.61. The highest BCUT2D eigenvalue weighted by molar-refractivity contribution is 5.92. The van der Waals surface area contributed by atoms with E-state index in [1.54, 1.807) is 19.3 Å². The Bertz CT molecular complexity index is 844. The van der Waals surface area contributed by atoms with E-state index in [2.05, 4.69) is 11.4 Å². The summed E-state index contributed by atoms with van der Waals surface area (Å²) in [5, 5.41) is 3.07. The SMILES string of the molecule is CCOc1ccc(/C=C/C(=O)NC2CCOc3ccc(C)cc32)cc1OC. The van der Waals surface area contributed by atoms with E-state index in [9.17, 15) is 4.79 Å². The predicted molar refractivity (Wildman–Crippen MR) is 105 cm³/mol. The molecule has 1 amide bonds. The van der Waals surface area contributed by atoms with Crippen molar-refractivity contribution in [1.82, 2.24) is 5.32 Å². The van der Waals surface area contributed by atoms with E-state index in [1.165, 1.54) is 0 Å². The van der Waals surface area contributed by atoms with Crippen LogP contribution >= 0.6 is 0 Å². The van der Waals surface area contributed by atoms with Gasteiger partial charge in [-0.05, 0) is 43.7 Å². The molecule has 0 saturated carbocycles. The highest BCUT2D eigenvalue weighted by Gasteiger charge is 2.22. The molecule has 0 fully saturated rings. The molecular formula is C22H25NO4. The van der Waals surface area contributed by atoms with E-state index < -0.39 is 0 Å². The molecule has 3 rings (SSSR count). The Kier molecular flexibility index (Phi) is 6.01. The van der Waals surface area contributed by atoms with Crippen LogP contribution in [0.15, 0.2) is 42.5 Å². The summed E-state index contributed by atoms with van der Waals surface area (Å²) < 4.78 is 16.5. The molecule has 1 aliphatic rings. The molecule has 1 unspecified atom stereocenters. The van der Waals surface area contributed by atoms with Crippen molar-refractivity contribution in [3.8, 4) is 17.2 Å². The van der Waals surface area contributed by atoms with Gasteiger partial charge in [0.05, 0.1) is 26.4 Å². The summed E-state index contributed by atoms with van der Waals surface area (Å²) >= 11 is 0. The van der Waals surface area contributed by atoms with Crippen molar-refractivity contribution >= 4 is 12.0 Å². The Morgan fingerprint density at radius 2 is 2.11 bits per heavy atom. The van der Waals surface area contributed by atoms with Crippen LogP contribution in [0, 0.1) is 6.92 Å². The predicted octanol–water partition coefficient (Wildman–Crippen LogP) is 4.06. The van der Waals surface area contributed by atoms with Gasteiger partial charge in [0.1, 0.15) is 5.75 Å². The third-order valence-electron chi connectivity index (χ3n) is 4.44. The number of carbonyl (C=O) groups is 1. The number of amides is 1. The highest BCUT2D eigenvalue weighted by Crippen LogP contribution is 2.32. The van der Waals surface area contributed by atoms with Crippen LogP contribution in [0.5, 0.6) is 17.2 Å². The molecule has 0 bridgehead atoms. The molecule has 0 spiro atoms. The van der Waals surface area contributed by atoms with E-state index in [4.69, 9.17) is 14.2 Å². The number of hydrogen-bond acceptors (Lipinski definition) is 4. The summed E-state index contributed by atoms with van der Waals surface area (Å²) in [4.78, 5) is 12.4. The largest absolute Gasteiger partial charge is 0.493 e. The van der Waals surface area contributed by atoms with E-state index in [1.807, 2.05) is 44.2 Å². The van der Waals surface area contributed by atoms with Gasteiger partial charge in [0.2, 0.25) is 5.91 Å². The number of aryl methyl sites for hydroxylation is 1. The maximum Gasteiger partial charge on any atom is 0.244 e. The topological polar surface area (TPSA) is 56.8 Å². The standard InChI is InChI=1S/C22H25NO4/c1-4-26-20-9-6-16(14-21(20)25-3)7-10-22(24)23-18-11-12-27-19-8-5-15(2)13-17(18)19/h5-10,13-14,18H,4,11-12H2,1-3H3,(H,23,24)/b10-7+. The zero-order valence-electron chi connectivity index (χ0n) is 16.0. The van der Waals surface area contributed by atoms with Gasteiger partial charge in [0, 0.05) is 18.1 Å². The molecule has 1 atom stereocenters. The second kappa shape index (κ2) is 8.62. The smallest absolute Gasteiger partial charge is 0.244 e. The lowest BCUT2D eigenvalue weighted by atomic mass is 9.98. The minimum atomic E-state index is -0.137. The molecule has 0 aliphatic carbocycles. The van der Waals surface area contributed by atoms with Gasteiger partial charge >= 0.3 is 0 Å². The molecule has 1 aliphatic heterocycles. The molecule has 0 saturated heterocycles. The van der Waals surface area contributed by atoms with Gasteiger partial charge in [-0.2, -0.15) is 0 Å². The summed E-state index contributed by atoms with van der Waals surface area (Å²) in [5.74, 6) is 2.05. The van der Waals surface area contributed by atoms with Crippen LogP contribution in [0.2, 0.25) is 0 Å². The van der Waals surface area contributed by atoms with Crippen LogP contribution in [-0.2, 0) is 4.79 Å². The average Bonchev–Trinajstić information content (AvgIpc) is 2.68. The number of rotatable bonds is 6. The van der Waals surface area contributed by atoms with Crippen molar-refractivity contribution in [2.75, 3.05) is 20.3 Å². The first-order valence-corrected chi connectivity index (χ1v) is 9.13. The number of carbonyl (C=O) groups excluding carboxylic acids is 1. The van der Waals surface area contributed by atoms with Crippen molar-refractivity contribution in [2.45, 2.75) is 26.3 Å². The van der Waals surface area contributed by atoms with Crippen LogP contribution in [0.3, 0.4) is 0 Å². The molecule has 0 aromatic heterocycles. The lowest BCUT2D eigenvalue weighted by molar-refractivity contribution is -0.117. The maximum atomic E-state index is 12.4. The Morgan fingerprint density at radius 1 is 1.26 bits per heavy atom. The van der Waals surface area contributed by atoms with Gasteiger partial charge in [-0.25, -0.2) is 0 Å². The second-order valence-corrected chi connectivity index (χ2v) is 6.42. The highest BCUT2D eigenvalue weighted by atomic mass is 16.5. The zero-order valence-corrected chi connectivity index (χ0v) is 16.0. The Labute approximate surface area is 159 Å². The molecule has 2 aromatic rings. The molecular weight excluding hydrogens is 342 g/mol. The fourth-order valence-corrected chi connectivity index (χ4v) is 3.12. The number of nitrogens with one attached hydrogen (secondary N) is 1. The normalized spacial score (nSPS) is 15.7. The monoisotopic (exact) mass is 367 g/mol. The summed E-state index contributed by atoms with van der Waals surface area (Å²) in [6.07, 6.45) is 4.07. The number of fused-ring (bicyclic) bond motifs is 1. The van der Waals surface area contributed by atoms with Gasteiger partial charge in [-0.1, -0.05) is 23.8 Å². The Morgan fingerprint density at radius 3 is 2.89 bits per heavy atom. The fraction of sp³-hybridized carbons (Fsp3) is 0.318. The number of methoxy groups -OCH3 is 1. The summed E-state index contributed by atoms with van der Waals surface area (Å²) in [5.41, 5.74) is 3.05. The zero-order chi connectivity index (χ0) is 19.2. The molecule has 1 heterocycles. The lowest BCUT2D eigenvalue weighted by Gasteiger charge is -2.26. The fourth-order valence-electron chi connectivity index (χ4n) is 3.12. The molecule has 5 nitrogen and oxygen atoms in total. The van der Waals surface area contributed by atoms with Crippen molar-refractivity contribution < 1.29 is 19.0 Å². The first kappa shape index (κ1) is 18.8. The van der Waals surface area contributed by atoms with E-state index >= 15 is 0 Å². The minimum Gasteiger partial charge on any atom is -0.493 e. The minimum absolute atomic E-state index is 0.0410. The van der Waals surface area contributed by atoms with Crippen LogP contribution in [0.25, 0.3) is 6.08 Å². The number of ether oxygens (including phenoxy) is 3. The Balaban J connectivity index is 1.69. The molecule has 1 N–H and O–H groups in total. The quantitative estimate of drug-likeness (QED) is 0.783. The average molecular weight is 367 g/mol. The lowest BCUT2D eigenvalue weighted by Crippen LogP contribution is -2.31. The van der Waals surface area contributed by atoms with Crippen molar-refractivity contribution in [3.63, 3.8) is 0 Å². The molecule has 0 radical (unpaired) electrons. The van der Waals surface area contributed by atoms with Gasteiger partial charge in [0.25, 0.3) is 0 Å². The third-order valence-corrected chi connectivity index (χ3v) is 4.44. The van der Waals surface area contributed by atoms with Crippen molar-refractivity contribution in [3.05, 3.63) is 59.2 Å². The summed E-state index contributed by atoms with van der Waals surface area (Å²) in [6.45, 7) is 5.13. The van der Waals surface area contributed by atoms with Crippen LogP contribution < -0.4 is 19.5 Å². The van der Waals surface area contributed by atoms with Crippen molar-refractivity contribution in [1.29, 1.82) is 0 Å². The van der Waals surface area contributed by atoms with Gasteiger partial charge in [-0.3, -0.25) is 4.79 Å². The van der Waals surface area contributed by atoms with Gasteiger partial charge in [-0.15, -0.1) is 0 Å². The maximum absolute atomic E-state index is 12.4. The Hall–Kier alpha value is -2.95. The first-order chi connectivity index (χ1) is 13.1. The molecule has 27 heavy (non-hydrogen) atoms. The second-order valence-electron chi connectivity index (χ2n) is 6.42. The van der Waals surface area contributed by atoms with Gasteiger partial charge < -0.3 is 19.5 Å². The van der Waals surface area contributed by atoms with Crippen LogP contribution in [-0.4, -0.2) is 26.2 Å². The summed E-state index contributed by atoms with van der Waals surface area (Å²) in [6, 6.07) is 11.6. The first-order valence-electron chi connectivity index (χ1n) is 9.13. The molecule has 142 valence electrons. The van der Waals surface area contributed by atoms with Crippen molar-refractivity contribution in [2.24, 2.45) is 0 Å². The van der Waals surface area contributed by atoms with Crippen LogP contribution in [0.4, 0.5) is 0 Å².